The van der Waals surface area contributed by atoms with Crippen molar-refractivity contribution in [1.29, 1.82) is 0 Å². The Morgan fingerprint density at radius 3 is 2.61 bits per heavy atom. The molecule has 0 spiro atoms. The number of aliphatic imine (C=N–C) groups is 1. The number of carbonyl (C=O) groups excluding carboxylic acids is 1. The monoisotopic (exact) mass is 487 g/mol. The van der Waals surface area contributed by atoms with E-state index in [1.165, 1.54) is 5.56 Å². The summed E-state index contributed by atoms with van der Waals surface area (Å²) in [5.74, 6) is 0.187. The molecule has 190 valence electrons. The number of amides is 2. The van der Waals surface area contributed by atoms with Crippen LogP contribution in [0.4, 0.5) is 10.5 Å². The summed E-state index contributed by atoms with van der Waals surface area (Å²) >= 11 is 0. The van der Waals surface area contributed by atoms with Crippen LogP contribution in [0.3, 0.4) is 0 Å². The molecule has 1 unspecified atom stereocenters. The number of aromatic nitrogens is 1. The molecular formula is C29H37N5O2. The molecule has 0 saturated carbocycles. The standard InChI is InChI=1S/C29H37N5O2/c1-23(30-2)25-10-6-11-26(22-25)32-29(35)34(17-16-33-18-20-36-21-19-33)15-13-27(28-12-7-14-31-28)24-8-4-3-5-9-24/h3-12,14,22,27,31H,13,15-21H2,1-2H3,(H,32,35). The fourth-order valence-corrected chi connectivity index (χ4v) is 4.59. The van der Waals surface area contributed by atoms with Crippen LogP contribution in [0.1, 0.15) is 36.1 Å². The molecular weight excluding hydrogens is 450 g/mol. The Morgan fingerprint density at radius 2 is 1.89 bits per heavy atom. The zero-order valence-electron chi connectivity index (χ0n) is 21.3. The zero-order valence-corrected chi connectivity index (χ0v) is 21.3. The van der Waals surface area contributed by atoms with Gasteiger partial charge in [-0.3, -0.25) is 9.89 Å². The molecule has 1 aliphatic heterocycles. The van der Waals surface area contributed by atoms with Gasteiger partial charge in [-0.2, -0.15) is 0 Å². The maximum atomic E-state index is 13.5. The summed E-state index contributed by atoms with van der Waals surface area (Å²) in [6.07, 6.45) is 2.78. The second-order valence-electron chi connectivity index (χ2n) is 9.14. The molecule has 0 radical (unpaired) electrons. The number of carbonyl (C=O) groups is 1. The van der Waals surface area contributed by atoms with Crippen molar-refractivity contribution >= 4 is 17.4 Å². The molecule has 2 aromatic carbocycles. The van der Waals surface area contributed by atoms with Gasteiger partial charge in [-0.05, 0) is 48.7 Å². The minimum Gasteiger partial charge on any atom is -0.379 e. The molecule has 36 heavy (non-hydrogen) atoms. The first-order chi connectivity index (χ1) is 17.6. The maximum absolute atomic E-state index is 13.5. The average molecular weight is 488 g/mol. The second kappa shape index (κ2) is 13.0. The Kier molecular flexibility index (Phi) is 9.30. The first-order valence-corrected chi connectivity index (χ1v) is 12.7. The van der Waals surface area contributed by atoms with Gasteiger partial charge in [-0.25, -0.2) is 4.79 Å². The van der Waals surface area contributed by atoms with E-state index in [9.17, 15) is 4.79 Å². The predicted molar refractivity (Wildman–Crippen MR) is 146 cm³/mol. The normalized spacial score (nSPS) is 15.4. The van der Waals surface area contributed by atoms with Gasteiger partial charge in [0.25, 0.3) is 0 Å². The number of ether oxygens (including phenoxy) is 1. The molecule has 4 rings (SSSR count). The van der Waals surface area contributed by atoms with E-state index in [1.54, 1.807) is 7.05 Å². The van der Waals surface area contributed by atoms with Gasteiger partial charge in [0, 0.05) is 69.0 Å². The summed E-state index contributed by atoms with van der Waals surface area (Å²) in [6, 6.07) is 22.4. The molecule has 7 heteroatoms. The largest absolute Gasteiger partial charge is 0.379 e. The molecule has 7 nitrogen and oxygen atoms in total. The minimum atomic E-state index is -0.0789. The smallest absolute Gasteiger partial charge is 0.321 e. The molecule has 0 bridgehead atoms. The van der Waals surface area contributed by atoms with Crippen molar-refractivity contribution < 1.29 is 9.53 Å². The van der Waals surface area contributed by atoms with E-state index >= 15 is 0 Å². The summed E-state index contributed by atoms with van der Waals surface area (Å²) < 4.78 is 5.49. The van der Waals surface area contributed by atoms with Crippen LogP contribution in [-0.4, -0.2) is 79.5 Å². The summed E-state index contributed by atoms with van der Waals surface area (Å²) in [5, 5.41) is 3.13. The van der Waals surface area contributed by atoms with E-state index in [0.29, 0.717) is 13.1 Å². The number of anilines is 1. The number of hydrogen-bond acceptors (Lipinski definition) is 4. The topological polar surface area (TPSA) is 73.0 Å². The van der Waals surface area contributed by atoms with Crippen molar-refractivity contribution in [1.82, 2.24) is 14.8 Å². The quantitative estimate of drug-likeness (QED) is 0.402. The molecule has 3 aromatic rings. The molecule has 2 heterocycles. The fraction of sp³-hybridized carbons (Fsp3) is 0.379. The van der Waals surface area contributed by atoms with E-state index < -0.39 is 0 Å². The summed E-state index contributed by atoms with van der Waals surface area (Å²) in [7, 11) is 1.78. The van der Waals surface area contributed by atoms with Crippen molar-refractivity contribution in [3.05, 3.63) is 89.7 Å². The molecule has 1 aromatic heterocycles. The van der Waals surface area contributed by atoms with Crippen molar-refractivity contribution in [3.63, 3.8) is 0 Å². The number of H-pyrrole nitrogens is 1. The number of morpholine rings is 1. The van der Waals surface area contributed by atoms with Crippen LogP contribution in [0.15, 0.2) is 77.9 Å². The number of urea groups is 1. The highest BCUT2D eigenvalue weighted by molar-refractivity contribution is 6.00. The number of benzene rings is 2. The lowest BCUT2D eigenvalue weighted by Crippen LogP contribution is -2.44. The predicted octanol–water partition coefficient (Wildman–Crippen LogP) is 4.84. The van der Waals surface area contributed by atoms with E-state index in [1.807, 2.05) is 54.4 Å². The average Bonchev–Trinajstić information content (AvgIpc) is 3.46. The van der Waals surface area contributed by atoms with E-state index in [-0.39, 0.29) is 11.9 Å². The third-order valence-electron chi connectivity index (χ3n) is 6.83. The number of nitrogens with zero attached hydrogens (tertiary/aromatic N) is 3. The lowest BCUT2D eigenvalue weighted by atomic mass is 9.92. The highest BCUT2D eigenvalue weighted by Gasteiger charge is 2.21. The van der Waals surface area contributed by atoms with E-state index in [0.717, 1.165) is 61.9 Å². The Hall–Kier alpha value is -3.42. The van der Waals surface area contributed by atoms with Gasteiger partial charge in [0.05, 0.1) is 13.2 Å². The molecule has 0 aliphatic carbocycles. The second-order valence-corrected chi connectivity index (χ2v) is 9.14. The van der Waals surface area contributed by atoms with E-state index in [2.05, 4.69) is 50.5 Å². The third kappa shape index (κ3) is 7.06. The van der Waals surface area contributed by atoms with Crippen LogP contribution in [0.5, 0.6) is 0 Å². The molecule has 1 aliphatic rings. The van der Waals surface area contributed by atoms with Gasteiger partial charge in [0.15, 0.2) is 0 Å². The van der Waals surface area contributed by atoms with Crippen LogP contribution in [0.25, 0.3) is 0 Å². The van der Waals surface area contributed by atoms with Gasteiger partial charge >= 0.3 is 6.03 Å². The van der Waals surface area contributed by atoms with Crippen LogP contribution in [0, 0.1) is 0 Å². The van der Waals surface area contributed by atoms with Gasteiger partial charge in [-0.1, -0.05) is 42.5 Å². The summed E-state index contributed by atoms with van der Waals surface area (Å²) in [5.41, 5.74) is 5.13. The SMILES string of the molecule is CN=C(C)c1cccc(NC(=O)N(CCC(c2ccccc2)c2ccc[nH]2)CCN2CCOCC2)c1. The number of nitrogens with one attached hydrogen (secondary N) is 2. The van der Waals surface area contributed by atoms with Crippen LogP contribution in [-0.2, 0) is 4.74 Å². The van der Waals surface area contributed by atoms with Gasteiger partial charge < -0.3 is 19.9 Å². The molecule has 1 saturated heterocycles. The Bertz CT molecular complexity index is 1110. The highest BCUT2D eigenvalue weighted by Crippen LogP contribution is 2.27. The Labute approximate surface area is 214 Å². The van der Waals surface area contributed by atoms with Crippen molar-refractivity contribution in [3.8, 4) is 0 Å². The Balaban J connectivity index is 1.49. The third-order valence-corrected chi connectivity index (χ3v) is 6.83. The maximum Gasteiger partial charge on any atom is 0.321 e. The molecule has 2 N–H and O–H groups in total. The van der Waals surface area contributed by atoms with Crippen molar-refractivity contribution in [2.24, 2.45) is 4.99 Å². The van der Waals surface area contributed by atoms with Crippen molar-refractivity contribution in [2.45, 2.75) is 19.3 Å². The molecule has 1 atom stereocenters. The minimum absolute atomic E-state index is 0.0789. The summed E-state index contributed by atoms with van der Waals surface area (Å²) in [4.78, 5) is 25.5. The lowest BCUT2D eigenvalue weighted by molar-refractivity contribution is 0.0351. The molecule has 2 amide bonds. The van der Waals surface area contributed by atoms with Crippen LogP contribution in [0.2, 0.25) is 0 Å². The number of rotatable bonds is 10. The lowest BCUT2D eigenvalue weighted by Gasteiger charge is -2.31. The van der Waals surface area contributed by atoms with Gasteiger partial charge in [0.2, 0.25) is 0 Å². The first kappa shape index (κ1) is 25.7. The Morgan fingerprint density at radius 1 is 1.08 bits per heavy atom. The summed E-state index contributed by atoms with van der Waals surface area (Å²) in [6.45, 7) is 7.42. The first-order valence-electron chi connectivity index (χ1n) is 12.7. The van der Waals surface area contributed by atoms with Crippen LogP contribution < -0.4 is 5.32 Å². The fourth-order valence-electron chi connectivity index (χ4n) is 4.59. The van der Waals surface area contributed by atoms with Crippen LogP contribution >= 0.6 is 0 Å². The number of hydrogen-bond donors (Lipinski definition) is 2. The number of aromatic amines is 1. The zero-order chi connectivity index (χ0) is 25.2. The van der Waals surface area contributed by atoms with E-state index in [4.69, 9.17) is 4.74 Å². The molecule has 1 fully saturated rings. The van der Waals surface area contributed by atoms with Crippen molar-refractivity contribution in [2.75, 3.05) is 58.3 Å². The highest BCUT2D eigenvalue weighted by atomic mass is 16.5. The van der Waals surface area contributed by atoms with Gasteiger partial charge in [-0.15, -0.1) is 0 Å². The van der Waals surface area contributed by atoms with Gasteiger partial charge in [0.1, 0.15) is 0 Å².